The van der Waals surface area contributed by atoms with E-state index in [4.69, 9.17) is 5.11 Å². The van der Waals surface area contributed by atoms with Crippen LogP contribution in [0.25, 0.3) is 0 Å². The Morgan fingerprint density at radius 3 is 2.53 bits per heavy atom. The molecule has 5 nitrogen and oxygen atoms in total. The number of carboxylic acid groups (broad SMARTS) is 1. The zero-order valence-corrected chi connectivity index (χ0v) is 9.69. The van der Waals surface area contributed by atoms with Crippen molar-refractivity contribution in [2.24, 2.45) is 0 Å². The van der Waals surface area contributed by atoms with E-state index >= 15 is 0 Å². The molecule has 0 aliphatic carbocycles. The molecule has 0 aliphatic rings. The van der Waals surface area contributed by atoms with Gasteiger partial charge in [0.05, 0.1) is 0 Å². The molecular formula is C11H10F3NO4. The smallest absolute Gasteiger partial charge is 0.480 e. The summed E-state index contributed by atoms with van der Waals surface area (Å²) in [6.07, 6.45) is -4.86. The van der Waals surface area contributed by atoms with Crippen molar-refractivity contribution < 1.29 is 32.6 Å². The van der Waals surface area contributed by atoms with Crippen LogP contribution in [0.5, 0.6) is 5.75 Å². The van der Waals surface area contributed by atoms with Gasteiger partial charge in [0.2, 0.25) is 0 Å². The number of aliphatic carboxylic acids is 1. The molecular weight excluding hydrogens is 267 g/mol. The van der Waals surface area contributed by atoms with Gasteiger partial charge in [-0.25, -0.2) is 0 Å². The quantitative estimate of drug-likeness (QED) is 0.879. The van der Waals surface area contributed by atoms with E-state index in [1.54, 1.807) is 0 Å². The van der Waals surface area contributed by atoms with Crippen LogP contribution in [-0.2, 0) is 4.79 Å². The third-order valence-electron chi connectivity index (χ3n) is 2.05. The van der Waals surface area contributed by atoms with Gasteiger partial charge in [0.25, 0.3) is 5.91 Å². The molecule has 0 spiro atoms. The van der Waals surface area contributed by atoms with Gasteiger partial charge in [-0.15, -0.1) is 13.2 Å². The van der Waals surface area contributed by atoms with Crippen molar-refractivity contribution in [1.82, 2.24) is 5.32 Å². The van der Waals surface area contributed by atoms with E-state index < -0.39 is 30.0 Å². The van der Waals surface area contributed by atoms with Crippen molar-refractivity contribution in [2.75, 3.05) is 0 Å². The number of ether oxygens (including phenoxy) is 1. The first kappa shape index (κ1) is 14.8. The zero-order chi connectivity index (χ0) is 14.6. The topological polar surface area (TPSA) is 75.6 Å². The molecule has 0 fully saturated rings. The van der Waals surface area contributed by atoms with Crippen molar-refractivity contribution in [3.8, 4) is 5.75 Å². The summed E-state index contributed by atoms with van der Waals surface area (Å²) < 4.78 is 39.6. The summed E-state index contributed by atoms with van der Waals surface area (Å²) in [5.74, 6) is -2.61. The van der Waals surface area contributed by atoms with Gasteiger partial charge in [-0.05, 0) is 25.1 Å². The summed E-state index contributed by atoms with van der Waals surface area (Å²) in [7, 11) is 0. The molecule has 0 aromatic heterocycles. The second-order valence-corrected chi connectivity index (χ2v) is 3.61. The molecule has 0 radical (unpaired) electrons. The summed E-state index contributed by atoms with van der Waals surface area (Å²) in [6, 6.07) is 3.19. The maximum absolute atomic E-state index is 12.0. The van der Waals surface area contributed by atoms with Crippen molar-refractivity contribution in [3.63, 3.8) is 0 Å². The number of carbonyl (C=O) groups excluding carboxylic acids is 1. The van der Waals surface area contributed by atoms with E-state index in [0.717, 1.165) is 12.1 Å². The minimum Gasteiger partial charge on any atom is -0.480 e. The fraction of sp³-hybridized carbons (Fsp3) is 0.273. The number of hydrogen-bond acceptors (Lipinski definition) is 3. The molecule has 0 saturated heterocycles. The van der Waals surface area contributed by atoms with Gasteiger partial charge in [0.15, 0.2) is 0 Å². The highest BCUT2D eigenvalue weighted by Gasteiger charge is 2.31. The second-order valence-electron chi connectivity index (χ2n) is 3.61. The number of benzene rings is 1. The summed E-state index contributed by atoms with van der Waals surface area (Å²) in [4.78, 5) is 22.1. The van der Waals surface area contributed by atoms with Crippen LogP contribution in [-0.4, -0.2) is 29.4 Å². The van der Waals surface area contributed by atoms with Gasteiger partial charge in [-0.1, -0.05) is 6.07 Å². The van der Waals surface area contributed by atoms with Crippen LogP contribution in [0.15, 0.2) is 24.3 Å². The molecule has 0 aliphatic heterocycles. The van der Waals surface area contributed by atoms with Crippen LogP contribution in [0.4, 0.5) is 13.2 Å². The molecule has 1 rings (SSSR count). The molecule has 0 unspecified atom stereocenters. The largest absolute Gasteiger partial charge is 0.573 e. The van der Waals surface area contributed by atoms with Crippen LogP contribution in [0, 0.1) is 0 Å². The lowest BCUT2D eigenvalue weighted by Gasteiger charge is -2.11. The number of halogens is 3. The molecule has 1 amide bonds. The molecule has 1 atom stereocenters. The number of rotatable bonds is 4. The van der Waals surface area contributed by atoms with Crippen LogP contribution >= 0.6 is 0 Å². The molecule has 8 heteroatoms. The predicted molar refractivity (Wildman–Crippen MR) is 57.7 cm³/mol. The molecule has 1 aromatic carbocycles. The van der Waals surface area contributed by atoms with Gasteiger partial charge in [-0.3, -0.25) is 9.59 Å². The van der Waals surface area contributed by atoms with Gasteiger partial charge < -0.3 is 15.2 Å². The van der Waals surface area contributed by atoms with E-state index in [1.165, 1.54) is 19.1 Å². The molecule has 104 valence electrons. The summed E-state index contributed by atoms with van der Waals surface area (Å²) in [6.45, 7) is 1.23. The third-order valence-corrected chi connectivity index (χ3v) is 2.05. The highest BCUT2D eigenvalue weighted by Crippen LogP contribution is 2.23. The highest BCUT2D eigenvalue weighted by molar-refractivity contribution is 5.96. The molecule has 0 bridgehead atoms. The average molecular weight is 277 g/mol. The van der Waals surface area contributed by atoms with Gasteiger partial charge in [0, 0.05) is 5.56 Å². The van der Waals surface area contributed by atoms with Gasteiger partial charge >= 0.3 is 12.3 Å². The molecule has 2 N–H and O–H groups in total. The number of amides is 1. The third kappa shape index (κ3) is 4.86. The Morgan fingerprint density at radius 1 is 1.37 bits per heavy atom. The Labute approximate surface area is 106 Å². The first-order valence-electron chi connectivity index (χ1n) is 5.08. The minimum absolute atomic E-state index is 0.130. The van der Waals surface area contributed by atoms with Crippen LogP contribution in [0.1, 0.15) is 17.3 Å². The number of alkyl halides is 3. The first-order valence-corrected chi connectivity index (χ1v) is 5.08. The summed E-state index contributed by atoms with van der Waals surface area (Å²) in [5, 5.41) is 10.7. The normalized spacial score (nSPS) is 12.6. The number of hydrogen-bond donors (Lipinski definition) is 2. The van der Waals surface area contributed by atoms with Gasteiger partial charge in [-0.2, -0.15) is 0 Å². The lowest BCUT2D eigenvalue weighted by atomic mass is 10.2. The Balaban J connectivity index is 2.81. The fourth-order valence-electron chi connectivity index (χ4n) is 1.18. The number of carboxylic acids is 1. The molecule has 0 saturated carbocycles. The maximum Gasteiger partial charge on any atom is 0.573 e. The van der Waals surface area contributed by atoms with Crippen LogP contribution in [0.2, 0.25) is 0 Å². The average Bonchev–Trinajstić information content (AvgIpc) is 2.26. The Bertz CT molecular complexity index is 487. The Kier molecular flexibility index (Phi) is 4.36. The van der Waals surface area contributed by atoms with E-state index in [-0.39, 0.29) is 5.56 Å². The minimum atomic E-state index is -4.86. The summed E-state index contributed by atoms with van der Waals surface area (Å²) >= 11 is 0. The van der Waals surface area contributed by atoms with Crippen molar-refractivity contribution in [1.29, 1.82) is 0 Å². The molecule has 0 heterocycles. The SMILES string of the molecule is C[C@H](NC(=O)c1cccc(OC(F)(F)F)c1)C(=O)O. The first-order chi connectivity index (χ1) is 8.69. The van der Waals surface area contributed by atoms with Gasteiger partial charge in [0.1, 0.15) is 11.8 Å². The number of carbonyl (C=O) groups is 2. The standard InChI is InChI=1S/C11H10F3NO4/c1-6(10(17)18)15-9(16)7-3-2-4-8(5-7)19-11(12,13)14/h2-6H,1H3,(H,15,16)(H,17,18)/t6-/m0/s1. The lowest BCUT2D eigenvalue weighted by Crippen LogP contribution is -2.38. The monoisotopic (exact) mass is 277 g/mol. The van der Waals surface area contributed by atoms with Crippen molar-refractivity contribution in [2.45, 2.75) is 19.3 Å². The van der Waals surface area contributed by atoms with E-state index in [0.29, 0.717) is 0 Å². The Hall–Kier alpha value is -2.25. The highest BCUT2D eigenvalue weighted by atomic mass is 19.4. The number of nitrogens with one attached hydrogen (secondary N) is 1. The predicted octanol–water partition coefficient (Wildman–Crippen LogP) is 1.79. The molecule has 1 aromatic rings. The second kappa shape index (κ2) is 5.59. The van der Waals surface area contributed by atoms with E-state index in [2.05, 4.69) is 10.1 Å². The zero-order valence-electron chi connectivity index (χ0n) is 9.69. The fourth-order valence-corrected chi connectivity index (χ4v) is 1.18. The summed E-state index contributed by atoms with van der Waals surface area (Å²) in [5.41, 5.74) is -0.130. The van der Waals surface area contributed by atoms with E-state index in [9.17, 15) is 22.8 Å². The van der Waals surface area contributed by atoms with Crippen LogP contribution < -0.4 is 10.1 Å². The Morgan fingerprint density at radius 2 is 2.00 bits per heavy atom. The van der Waals surface area contributed by atoms with E-state index in [1.807, 2.05) is 0 Å². The molecule has 19 heavy (non-hydrogen) atoms. The van der Waals surface area contributed by atoms with Crippen molar-refractivity contribution in [3.05, 3.63) is 29.8 Å². The van der Waals surface area contributed by atoms with Crippen LogP contribution in [0.3, 0.4) is 0 Å². The lowest BCUT2D eigenvalue weighted by molar-refractivity contribution is -0.274. The maximum atomic E-state index is 12.0. The van der Waals surface area contributed by atoms with Crippen molar-refractivity contribution >= 4 is 11.9 Å².